The molecule has 0 aliphatic heterocycles. The molecule has 0 aromatic rings. The van der Waals surface area contributed by atoms with Crippen molar-refractivity contribution in [3.8, 4) is 0 Å². The Morgan fingerprint density at radius 1 is 1.31 bits per heavy atom. The van der Waals surface area contributed by atoms with Crippen molar-refractivity contribution in [3.05, 3.63) is 0 Å². The van der Waals surface area contributed by atoms with E-state index in [1.807, 2.05) is 0 Å². The molecule has 0 aromatic carbocycles. The number of hydrogen-bond acceptors (Lipinski definition) is 1. The van der Waals surface area contributed by atoms with Crippen molar-refractivity contribution >= 4 is 5.96 Å². The quantitative estimate of drug-likeness (QED) is 0.570. The SMILES string of the molecule is CCC1CCC(NC(N)=NCC(C)C)CC1. The zero-order chi connectivity index (χ0) is 12.0. The van der Waals surface area contributed by atoms with E-state index >= 15 is 0 Å². The van der Waals surface area contributed by atoms with Gasteiger partial charge in [0.1, 0.15) is 0 Å². The van der Waals surface area contributed by atoms with Crippen LogP contribution in [-0.2, 0) is 0 Å². The lowest BCUT2D eigenvalue weighted by Crippen LogP contribution is -2.42. The molecule has 0 heterocycles. The number of hydrogen-bond donors (Lipinski definition) is 2. The lowest BCUT2D eigenvalue weighted by molar-refractivity contribution is 0.304. The van der Waals surface area contributed by atoms with E-state index in [-0.39, 0.29) is 0 Å². The molecule has 0 radical (unpaired) electrons. The monoisotopic (exact) mass is 225 g/mol. The number of rotatable bonds is 4. The second-order valence-corrected chi connectivity index (χ2v) is 5.39. The van der Waals surface area contributed by atoms with E-state index in [0.29, 0.717) is 17.9 Å². The summed E-state index contributed by atoms with van der Waals surface area (Å²) in [4.78, 5) is 4.34. The van der Waals surface area contributed by atoms with E-state index in [9.17, 15) is 0 Å². The first kappa shape index (κ1) is 13.3. The Morgan fingerprint density at radius 3 is 2.44 bits per heavy atom. The zero-order valence-corrected chi connectivity index (χ0v) is 11.0. The van der Waals surface area contributed by atoms with Gasteiger partial charge in [0.05, 0.1) is 0 Å². The molecule has 1 saturated carbocycles. The summed E-state index contributed by atoms with van der Waals surface area (Å²) in [6.07, 6.45) is 6.49. The predicted octanol–water partition coefficient (Wildman–Crippen LogP) is 2.52. The molecular formula is C13H27N3. The first-order chi connectivity index (χ1) is 7.61. The summed E-state index contributed by atoms with van der Waals surface area (Å²) < 4.78 is 0. The Balaban J connectivity index is 2.25. The van der Waals surface area contributed by atoms with Gasteiger partial charge in [-0.05, 0) is 37.5 Å². The lowest BCUT2D eigenvalue weighted by Gasteiger charge is -2.28. The van der Waals surface area contributed by atoms with E-state index in [0.717, 1.165) is 12.5 Å². The molecule has 0 spiro atoms. The van der Waals surface area contributed by atoms with Crippen molar-refractivity contribution in [1.82, 2.24) is 5.32 Å². The van der Waals surface area contributed by atoms with E-state index in [4.69, 9.17) is 5.73 Å². The maximum Gasteiger partial charge on any atom is 0.188 e. The average Bonchev–Trinajstić information content (AvgIpc) is 2.27. The molecule has 1 rings (SSSR count). The van der Waals surface area contributed by atoms with E-state index in [1.165, 1.54) is 32.1 Å². The molecule has 3 heteroatoms. The van der Waals surface area contributed by atoms with Gasteiger partial charge in [-0.25, -0.2) is 0 Å². The normalized spacial score (nSPS) is 27.1. The molecule has 94 valence electrons. The Labute approximate surface area is 99.9 Å². The highest BCUT2D eigenvalue weighted by Crippen LogP contribution is 2.26. The number of guanidine groups is 1. The number of nitrogens with one attached hydrogen (secondary N) is 1. The van der Waals surface area contributed by atoms with E-state index in [1.54, 1.807) is 0 Å². The number of aliphatic imine (C=N–C) groups is 1. The van der Waals surface area contributed by atoms with Gasteiger partial charge in [-0.15, -0.1) is 0 Å². The van der Waals surface area contributed by atoms with Crippen LogP contribution in [-0.4, -0.2) is 18.5 Å². The highest BCUT2D eigenvalue weighted by Gasteiger charge is 2.19. The van der Waals surface area contributed by atoms with Gasteiger partial charge in [-0.2, -0.15) is 0 Å². The first-order valence-electron chi connectivity index (χ1n) is 6.68. The first-order valence-corrected chi connectivity index (χ1v) is 6.68. The van der Waals surface area contributed by atoms with Crippen LogP contribution in [0, 0.1) is 11.8 Å². The lowest BCUT2D eigenvalue weighted by atomic mass is 9.85. The molecule has 0 aromatic heterocycles. The summed E-state index contributed by atoms with van der Waals surface area (Å²) in [5.41, 5.74) is 5.86. The summed E-state index contributed by atoms with van der Waals surface area (Å²) in [5, 5.41) is 3.35. The molecule has 1 fully saturated rings. The minimum atomic E-state index is 0.554. The van der Waals surface area contributed by atoms with Gasteiger partial charge in [0.15, 0.2) is 5.96 Å². The van der Waals surface area contributed by atoms with Gasteiger partial charge >= 0.3 is 0 Å². The third-order valence-electron chi connectivity index (χ3n) is 3.40. The van der Waals surface area contributed by atoms with Crippen LogP contribution < -0.4 is 11.1 Å². The molecule has 16 heavy (non-hydrogen) atoms. The van der Waals surface area contributed by atoms with Gasteiger partial charge in [-0.1, -0.05) is 27.2 Å². The summed E-state index contributed by atoms with van der Waals surface area (Å²) >= 11 is 0. The van der Waals surface area contributed by atoms with Gasteiger partial charge in [0.2, 0.25) is 0 Å². The maximum atomic E-state index is 5.86. The minimum Gasteiger partial charge on any atom is -0.370 e. The summed E-state index contributed by atoms with van der Waals surface area (Å²) in [7, 11) is 0. The van der Waals surface area contributed by atoms with Crippen molar-refractivity contribution in [2.75, 3.05) is 6.54 Å². The fraction of sp³-hybridized carbons (Fsp3) is 0.923. The molecule has 0 atom stereocenters. The second kappa shape index (κ2) is 6.77. The fourth-order valence-corrected chi connectivity index (χ4v) is 2.25. The maximum absolute atomic E-state index is 5.86. The molecular weight excluding hydrogens is 198 g/mol. The number of nitrogens with zero attached hydrogens (tertiary/aromatic N) is 1. The molecule has 1 aliphatic rings. The van der Waals surface area contributed by atoms with Crippen LogP contribution in [0.3, 0.4) is 0 Å². The predicted molar refractivity (Wildman–Crippen MR) is 70.5 cm³/mol. The van der Waals surface area contributed by atoms with Crippen molar-refractivity contribution in [1.29, 1.82) is 0 Å². The van der Waals surface area contributed by atoms with Crippen LogP contribution in [0.2, 0.25) is 0 Å². The molecule has 0 saturated heterocycles. The summed E-state index contributed by atoms with van der Waals surface area (Å²) in [6.45, 7) is 7.42. The highest BCUT2D eigenvalue weighted by atomic mass is 15.1. The molecule has 3 nitrogen and oxygen atoms in total. The van der Waals surface area contributed by atoms with Crippen LogP contribution in [0.4, 0.5) is 0 Å². The average molecular weight is 225 g/mol. The largest absolute Gasteiger partial charge is 0.370 e. The van der Waals surface area contributed by atoms with Crippen LogP contribution in [0.15, 0.2) is 4.99 Å². The van der Waals surface area contributed by atoms with Crippen molar-refractivity contribution in [2.45, 2.75) is 58.9 Å². The third kappa shape index (κ3) is 4.86. The highest BCUT2D eigenvalue weighted by molar-refractivity contribution is 5.78. The van der Waals surface area contributed by atoms with Crippen LogP contribution in [0.1, 0.15) is 52.9 Å². The van der Waals surface area contributed by atoms with Gasteiger partial charge in [0, 0.05) is 12.6 Å². The molecule has 0 bridgehead atoms. The summed E-state index contributed by atoms with van der Waals surface area (Å²) in [6, 6.07) is 0.554. The smallest absolute Gasteiger partial charge is 0.188 e. The minimum absolute atomic E-state index is 0.554. The molecule has 0 amide bonds. The fourth-order valence-electron chi connectivity index (χ4n) is 2.25. The van der Waals surface area contributed by atoms with Crippen molar-refractivity contribution in [2.24, 2.45) is 22.6 Å². The van der Waals surface area contributed by atoms with Gasteiger partial charge < -0.3 is 11.1 Å². The zero-order valence-electron chi connectivity index (χ0n) is 11.0. The van der Waals surface area contributed by atoms with E-state index in [2.05, 4.69) is 31.1 Å². The van der Waals surface area contributed by atoms with Crippen LogP contribution in [0.25, 0.3) is 0 Å². The molecule has 3 N–H and O–H groups in total. The third-order valence-corrected chi connectivity index (χ3v) is 3.40. The Bertz CT molecular complexity index is 215. The molecule has 1 aliphatic carbocycles. The Kier molecular flexibility index (Phi) is 5.64. The number of nitrogens with two attached hydrogens (primary N) is 1. The van der Waals surface area contributed by atoms with Crippen molar-refractivity contribution < 1.29 is 0 Å². The topological polar surface area (TPSA) is 50.4 Å². The van der Waals surface area contributed by atoms with Gasteiger partial charge in [0.25, 0.3) is 0 Å². The summed E-state index contributed by atoms with van der Waals surface area (Å²) in [5.74, 6) is 2.15. The second-order valence-electron chi connectivity index (χ2n) is 5.39. The standard InChI is InChI=1S/C13H27N3/c1-4-11-5-7-12(8-6-11)16-13(14)15-9-10(2)3/h10-12H,4-9H2,1-3H3,(H3,14,15,16). The Morgan fingerprint density at radius 2 is 1.94 bits per heavy atom. The van der Waals surface area contributed by atoms with E-state index < -0.39 is 0 Å². The van der Waals surface area contributed by atoms with Crippen LogP contribution in [0.5, 0.6) is 0 Å². The molecule has 0 unspecified atom stereocenters. The van der Waals surface area contributed by atoms with Gasteiger partial charge in [-0.3, -0.25) is 4.99 Å². The Hall–Kier alpha value is -0.730. The van der Waals surface area contributed by atoms with Crippen LogP contribution >= 0.6 is 0 Å². The van der Waals surface area contributed by atoms with Crippen molar-refractivity contribution in [3.63, 3.8) is 0 Å².